The van der Waals surface area contributed by atoms with Crippen LogP contribution in [-0.4, -0.2) is 65.0 Å². The predicted molar refractivity (Wildman–Crippen MR) is 92.9 cm³/mol. The fourth-order valence-electron chi connectivity index (χ4n) is 4.34. The molecular formula is C19H25N3O3. The molecule has 1 aromatic carbocycles. The van der Waals surface area contributed by atoms with Crippen LogP contribution in [0.15, 0.2) is 24.3 Å². The van der Waals surface area contributed by atoms with E-state index in [0.29, 0.717) is 39.0 Å². The van der Waals surface area contributed by atoms with Crippen LogP contribution in [0.1, 0.15) is 35.2 Å². The fraction of sp³-hybridized carbons (Fsp3) is 0.579. The predicted octanol–water partition coefficient (Wildman–Crippen LogP) is 0.605. The molecule has 0 saturated carbocycles. The molecule has 0 spiro atoms. The third-order valence-corrected chi connectivity index (χ3v) is 5.99. The highest BCUT2D eigenvalue weighted by Gasteiger charge is 2.43. The summed E-state index contributed by atoms with van der Waals surface area (Å²) < 4.78 is 0. The Kier molecular flexibility index (Phi) is 4.25. The van der Waals surface area contributed by atoms with Gasteiger partial charge in [0.15, 0.2) is 0 Å². The smallest absolute Gasteiger partial charge is 0.254 e. The minimum absolute atomic E-state index is 0.0212. The van der Waals surface area contributed by atoms with Crippen molar-refractivity contribution in [2.24, 2.45) is 5.92 Å². The first-order valence-electron chi connectivity index (χ1n) is 9.15. The van der Waals surface area contributed by atoms with Crippen LogP contribution in [0.4, 0.5) is 0 Å². The Hall–Kier alpha value is -1.92. The number of hydrogen-bond acceptors (Lipinski definition) is 4. The number of nitrogens with one attached hydrogen (secondary N) is 1. The van der Waals surface area contributed by atoms with Gasteiger partial charge in [0.1, 0.15) is 0 Å². The number of amides is 2. The number of fused-ring (bicyclic) bond motifs is 2. The first-order valence-corrected chi connectivity index (χ1v) is 9.15. The van der Waals surface area contributed by atoms with Crippen molar-refractivity contribution in [2.45, 2.75) is 31.4 Å². The third kappa shape index (κ3) is 3.04. The number of hydrogen-bond donors (Lipinski definition) is 2. The average molecular weight is 343 g/mol. The number of rotatable bonds is 3. The molecule has 2 N–H and O–H groups in total. The van der Waals surface area contributed by atoms with Crippen molar-refractivity contribution >= 4 is 11.8 Å². The van der Waals surface area contributed by atoms with E-state index in [-0.39, 0.29) is 17.7 Å². The highest BCUT2D eigenvalue weighted by molar-refractivity contribution is 5.98. The van der Waals surface area contributed by atoms with Crippen molar-refractivity contribution in [1.82, 2.24) is 15.1 Å². The van der Waals surface area contributed by atoms with E-state index in [4.69, 9.17) is 0 Å². The summed E-state index contributed by atoms with van der Waals surface area (Å²) in [5.74, 6) is 0.209. The Morgan fingerprint density at radius 2 is 2.16 bits per heavy atom. The van der Waals surface area contributed by atoms with Crippen molar-refractivity contribution in [3.8, 4) is 0 Å². The number of nitrogens with zero attached hydrogens (tertiary/aromatic N) is 2. The molecule has 3 heterocycles. The standard InChI is InChI=1S/C19H25N3O3/c23-17(21-10-7-19(25)6-8-20-11-15(19)13-21)5-9-22-12-14-3-1-2-4-16(14)18(22)24/h1-4,15,20,25H,5-13H2/t15-,19-/m0/s1. The van der Waals surface area contributed by atoms with Crippen LogP contribution in [0.5, 0.6) is 0 Å². The molecule has 0 bridgehead atoms. The Bertz CT molecular complexity index is 692. The molecule has 0 radical (unpaired) electrons. The lowest BCUT2D eigenvalue weighted by Crippen LogP contribution is -2.60. The number of likely N-dealkylation sites (tertiary alicyclic amines) is 1. The lowest BCUT2D eigenvalue weighted by atomic mass is 9.76. The first kappa shape index (κ1) is 16.5. The van der Waals surface area contributed by atoms with Gasteiger partial charge >= 0.3 is 0 Å². The van der Waals surface area contributed by atoms with E-state index in [1.165, 1.54) is 0 Å². The second kappa shape index (κ2) is 6.42. The topological polar surface area (TPSA) is 72.9 Å². The van der Waals surface area contributed by atoms with Gasteiger partial charge in [-0.1, -0.05) is 18.2 Å². The summed E-state index contributed by atoms with van der Waals surface area (Å²) in [4.78, 5) is 28.6. The van der Waals surface area contributed by atoms with Gasteiger partial charge in [0, 0.05) is 50.6 Å². The number of piperidine rings is 2. The number of carbonyl (C=O) groups excluding carboxylic acids is 2. The molecule has 0 aromatic heterocycles. The van der Waals surface area contributed by atoms with Crippen LogP contribution in [-0.2, 0) is 11.3 Å². The molecule has 134 valence electrons. The molecule has 2 saturated heterocycles. The molecule has 2 amide bonds. The Morgan fingerprint density at radius 3 is 3.00 bits per heavy atom. The summed E-state index contributed by atoms with van der Waals surface area (Å²) in [7, 11) is 0. The van der Waals surface area contributed by atoms with E-state index in [9.17, 15) is 14.7 Å². The Labute approximate surface area is 147 Å². The van der Waals surface area contributed by atoms with Crippen molar-refractivity contribution < 1.29 is 14.7 Å². The van der Waals surface area contributed by atoms with Crippen LogP contribution >= 0.6 is 0 Å². The zero-order chi connectivity index (χ0) is 17.4. The SMILES string of the molecule is O=C(CCN1Cc2ccccc2C1=O)N1CC[C@@]2(O)CCNC[C@H]2C1. The third-order valence-electron chi connectivity index (χ3n) is 5.99. The molecule has 25 heavy (non-hydrogen) atoms. The maximum absolute atomic E-state index is 12.6. The van der Waals surface area contributed by atoms with Gasteiger partial charge in [-0.3, -0.25) is 9.59 Å². The Morgan fingerprint density at radius 1 is 1.32 bits per heavy atom. The van der Waals surface area contributed by atoms with Crippen molar-refractivity contribution in [3.05, 3.63) is 35.4 Å². The molecule has 6 heteroatoms. The zero-order valence-corrected chi connectivity index (χ0v) is 14.4. The molecule has 2 atom stereocenters. The molecule has 2 fully saturated rings. The molecule has 0 unspecified atom stereocenters. The van der Waals surface area contributed by atoms with Gasteiger partial charge in [0.2, 0.25) is 5.91 Å². The zero-order valence-electron chi connectivity index (χ0n) is 14.4. The van der Waals surface area contributed by atoms with E-state index in [0.717, 1.165) is 30.6 Å². The van der Waals surface area contributed by atoms with Crippen LogP contribution in [0, 0.1) is 5.92 Å². The van der Waals surface area contributed by atoms with Gasteiger partial charge in [-0.15, -0.1) is 0 Å². The van der Waals surface area contributed by atoms with Crippen molar-refractivity contribution in [3.63, 3.8) is 0 Å². The summed E-state index contributed by atoms with van der Waals surface area (Å²) >= 11 is 0. The molecular weight excluding hydrogens is 318 g/mol. The number of aliphatic hydroxyl groups is 1. The monoisotopic (exact) mass is 343 g/mol. The van der Waals surface area contributed by atoms with E-state index >= 15 is 0 Å². The number of benzene rings is 1. The van der Waals surface area contributed by atoms with Gasteiger partial charge in [-0.2, -0.15) is 0 Å². The lowest BCUT2D eigenvalue weighted by Gasteiger charge is -2.47. The summed E-state index contributed by atoms with van der Waals surface area (Å²) in [6.45, 7) is 3.87. The van der Waals surface area contributed by atoms with Gasteiger partial charge in [-0.25, -0.2) is 0 Å². The normalized spacial score (nSPS) is 28.7. The van der Waals surface area contributed by atoms with Gasteiger partial charge < -0.3 is 20.2 Å². The minimum Gasteiger partial charge on any atom is -0.389 e. The highest BCUT2D eigenvalue weighted by atomic mass is 16.3. The second-order valence-electron chi connectivity index (χ2n) is 7.48. The fourth-order valence-corrected chi connectivity index (χ4v) is 4.34. The average Bonchev–Trinajstić information content (AvgIpc) is 2.95. The maximum Gasteiger partial charge on any atom is 0.254 e. The first-order chi connectivity index (χ1) is 12.1. The van der Waals surface area contributed by atoms with E-state index in [2.05, 4.69) is 5.32 Å². The van der Waals surface area contributed by atoms with Gasteiger partial charge in [-0.05, 0) is 31.0 Å². The number of carbonyl (C=O) groups is 2. The van der Waals surface area contributed by atoms with Gasteiger partial charge in [0.25, 0.3) is 5.91 Å². The summed E-state index contributed by atoms with van der Waals surface area (Å²) in [6.07, 6.45) is 1.76. The van der Waals surface area contributed by atoms with E-state index < -0.39 is 5.60 Å². The maximum atomic E-state index is 12.6. The van der Waals surface area contributed by atoms with Crippen molar-refractivity contribution in [2.75, 3.05) is 32.7 Å². The van der Waals surface area contributed by atoms with E-state index in [1.807, 2.05) is 29.2 Å². The van der Waals surface area contributed by atoms with Crippen LogP contribution in [0.3, 0.4) is 0 Å². The van der Waals surface area contributed by atoms with Crippen LogP contribution < -0.4 is 5.32 Å². The lowest BCUT2D eigenvalue weighted by molar-refractivity contribution is -0.142. The Balaban J connectivity index is 1.32. The summed E-state index contributed by atoms with van der Waals surface area (Å²) in [5, 5.41) is 14.0. The molecule has 3 aliphatic rings. The van der Waals surface area contributed by atoms with Gasteiger partial charge in [0.05, 0.1) is 5.60 Å². The molecule has 4 rings (SSSR count). The molecule has 3 aliphatic heterocycles. The molecule has 6 nitrogen and oxygen atoms in total. The largest absolute Gasteiger partial charge is 0.389 e. The quantitative estimate of drug-likeness (QED) is 0.843. The van der Waals surface area contributed by atoms with Crippen LogP contribution in [0.2, 0.25) is 0 Å². The molecule has 1 aromatic rings. The molecule has 0 aliphatic carbocycles. The summed E-state index contributed by atoms with van der Waals surface area (Å²) in [6, 6.07) is 7.63. The summed E-state index contributed by atoms with van der Waals surface area (Å²) in [5.41, 5.74) is 1.18. The van der Waals surface area contributed by atoms with Crippen molar-refractivity contribution in [1.29, 1.82) is 0 Å². The van der Waals surface area contributed by atoms with Crippen LogP contribution in [0.25, 0.3) is 0 Å². The minimum atomic E-state index is -0.616. The van der Waals surface area contributed by atoms with E-state index in [1.54, 1.807) is 4.90 Å². The highest BCUT2D eigenvalue weighted by Crippen LogP contribution is 2.33. The second-order valence-corrected chi connectivity index (χ2v) is 7.48.